The van der Waals surface area contributed by atoms with E-state index in [1.807, 2.05) is 30.5 Å². The molecule has 4 heterocycles. The van der Waals surface area contributed by atoms with Gasteiger partial charge >= 0.3 is 0 Å². The fourth-order valence-corrected chi connectivity index (χ4v) is 3.81. The minimum Gasteiger partial charge on any atom is -0.486 e. The van der Waals surface area contributed by atoms with Gasteiger partial charge < -0.3 is 14.8 Å². The summed E-state index contributed by atoms with van der Waals surface area (Å²) >= 11 is 0. The van der Waals surface area contributed by atoms with Gasteiger partial charge in [0.05, 0.1) is 11.9 Å². The van der Waals surface area contributed by atoms with E-state index >= 15 is 0 Å². The second-order valence-electron chi connectivity index (χ2n) is 7.56. The largest absolute Gasteiger partial charge is 0.486 e. The van der Waals surface area contributed by atoms with Crippen LogP contribution >= 0.6 is 12.4 Å². The normalized spacial score (nSPS) is 15.5. The molecule has 1 aliphatic heterocycles. The van der Waals surface area contributed by atoms with Gasteiger partial charge in [0.2, 0.25) is 5.88 Å². The average Bonchev–Trinajstić information content (AvgIpc) is 2.75. The molecular formula is C23H25ClN4O2. The third kappa shape index (κ3) is 4.55. The molecule has 2 aliphatic rings. The van der Waals surface area contributed by atoms with Gasteiger partial charge in [0.15, 0.2) is 0 Å². The smallest absolute Gasteiger partial charge is 0.214 e. The number of ether oxygens (including phenoxy) is 2. The van der Waals surface area contributed by atoms with Crippen molar-refractivity contribution < 1.29 is 9.47 Å². The summed E-state index contributed by atoms with van der Waals surface area (Å²) in [4.78, 5) is 13.6. The molecule has 3 aromatic rings. The van der Waals surface area contributed by atoms with Crippen LogP contribution in [0.5, 0.6) is 11.6 Å². The Bertz CT molecular complexity index is 996. The minimum atomic E-state index is 0. The van der Waals surface area contributed by atoms with E-state index in [1.54, 1.807) is 12.4 Å². The Balaban J connectivity index is 0.00000218. The second kappa shape index (κ2) is 9.41. The fourth-order valence-electron chi connectivity index (χ4n) is 3.81. The van der Waals surface area contributed by atoms with Gasteiger partial charge in [-0.05, 0) is 55.0 Å². The Morgan fingerprint density at radius 3 is 2.77 bits per heavy atom. The third-order valence-electron chi connectivity index (χ3n) is 5.44. The summed E-state index contributed by atoms with van der Waals surface area (Å²) in [5, 5.41) is 3.23. The molecule has 0 bridgehead atoms. The Kier molecular flexibility index (Phi) is 6.45. The van der Waals surface area contributed by atoms with E-state index < -0.39 is 0 Å². The maximum Gasteiger partial charge on any atom is 0.214 e. The summed E-state index contributed by atoms with van der Waals surface area (Å²) in [5.74, 6) is 1.45. The highest BCUT2D eigenvalue weighted by molar-refractivity contribution is 5.85. The zero-order chi connectivity index (χ0) is 19.5. The van der Waals surface area contributed by atoms with Crippen molar-refractivity contribution in [1.82, 2.24) is 20.3 Å². The molecule has 7 heteroatoms. The van der Waals surface area contributed by atoms with E-state index in [9.17, 15) is 0 Å². The van der Waals surface area contributed by atoms with E-state index in [2.05, 4.69) is 21.4 Å². The summed E-state index contributed by atoms with van der Waals surface area (Å²) in [5.41, 5.74) is 5.54. The second-order valence-corrected chi connectivity index (χ2v) is 7.56. The van der Waals surface area contributed by atoms with Gasteiger partial charge in [-0.3, -0.25) is 9.97 Å². The fraction of sp³-hybridized carbons (Fsp3) is 0.348. The zero-order valence-electron chi connectivity index (χ0n) is 16.7. The lowest BCUT2D eigenvalue weighted by atomic mass is 9.90. The van der Waals surface area contributed by atoms with E-state index in [4.69, 9.17) is 14.5 Å². The van der Waals surface area contributed by atoms with Gasteiger partial charge in [0, 0.05) is 42.8 Å². The first-order valence-corrected chi connectivity index (χ1v) is 10.2. The number of nitrogens with zero attached hydrogens (tertiary/aromatic N) is 3. The number of pyridine rings is 3. The number of hydrogen-bond donors (Lipinski definition) is 1. The highest BCUT2D eigenvalue weighted by Gasteiger charge is 2.21. The van der Waals surface area contributed by atoms with Crippen LogP contribution in [0.1, 0.15) is 29.8 Å². The van der Waals surface area contributed by atoms with Gasteiger partial charge in [0.1, 0.15) is 18.5 Å². The topological polar surface area (TPSA) is 69.2 Å². The molecule has 1 N–H and O–H groups in total. The van der Waals surface area contributed by atoms with Crippen molar-refractivity contribution in [3.8, 4) is 22.8 Å². The van der Waals surface area contributed by atoms with Crippen molar-refractivity contribution in [3.05, 3.63) is 65.9 Å². The van der Waals surface area contributed by atoms with Gasteiger partial charge in [-0.25, -0.2) is 4.98 Å². The van der Waals surface area contributed by atoms with E-state index in [1.165, 1.54) is 18.4 Å². The molecule has 0 atom stereocenters. The number of halogens is 1. The van der Waals surface area contributed by atoms with Crippen LogP contribution in [0.25, 0.3) is 11.1 Å². The van der Waals surface area contributed by atoms with Crippen LogP contribution in [0.15, 0.2) is 48.9 Å². The van der Waals surface area contributed by atoms with Gasteiger partial charge in [-0.15, -0.1) is 12.4 Å². The van der Waals surface area contributed by atoms with Crippen LogP contribution in [0.2, 0.25) is 0 Å². The summed E-state index contributed by atoms with van der Waals surface area (Å²) in [7, 11) is 0. The Morgan fingerprint density at radius 2 is 1.97 bits per heavy atom. The van der Waals surface area contributed by atoms with Crippen molar-refractivity contribution in [2.75, 3.05) is 13.1 Å². The highest BCUT2D eigenvalue weighted by atomic mass is 35.5. The highest BCUT2D eigenvalue weighted by Crippen LogP contribution is 2.34. The Hall–Kier alpha value is -2.70. The SMILES string of the molecule is Cl.c1ccc(COc2cc(-c3cncc(OC4CNC4)c3)c3c(n2)CCCC3)nc1. The van der Waals surface area contributed by atoms with Gasteiger partial charge in [0.25, 0.3) is 0 Å². The minimum absolute atomic E-state index is 0. The number of hydrogen-bond acceptors (Lipinski definition) is 6. The predicted molar refractivity (Wildman–Crippen MR) is 117 cm³/mol. The molecule has 1 aliphatic carbocycles. The number of aromatic nitrogens is 3. The number of aryl methyl sites for hydroxylation is 1. The molecule has 0 radical (unpaired) electrons. The molecule has 0 amide bonds. The Labute approximate surface area is 182 Å². The number of nitrogens with one attached hydrogen (secondary N) is 1. The van der Waals surface area contributed by atoms with Crippen LogP contribution in [-0.4, -0.2) is 34.1 Å². The standard InChI is InChI=1S/C23H24N4O2.ClH/c1-2-7-22-20(6-1)21(10-23(27-22)28-15-17-5-3-4-8-26-17)16-9-18(12-24-11-16)29-19-13-25-14-19;/h3-5,8-12,19,25H,1-2,6-7,13-15H2;1H. The Morgan fingerprint density at radius 1 is 1.07 bits per heavy atom. The van der Waals surface area contributed by atoms with E-state index in [-0.39, 0.29) is 18.5 Å². The summed E-state index contributed by atoms with van der Waals surface area (Å²) < 4.78 is 12.0. The average molecular weight is 425 g/mol. The lowest BCUT2D eigenvalue weighted by molar-refractivity contribution is 0.142. The summed E-state index contributed by atoms with van der Waals surface area (Å²) in [6.45, 7) is 2.18. The van der Waals surface area contributed by atoms with Crippen LogP contribution in [-0.2, 0) is 19.4 Å². The third-order valence-corrected chi connectivity index (χ3v) is 5.44. The molecule has 0 aromatic carbocycles. The molecule has 0 saturated carbocycles. The number of fused-ring (bicyclic) bond motifs is 1. The summed E-state index contributed by atoms with van der Waals surface area (Å²) in [6, 6.07) is 9.95. The molecule has 0 unspecified atom stereocenters. The molecule has 1 saturated heterocycles. The lowest BCUT2D eigenvalue weighted by Crippen LogP contribution is -2.50. The molecule has 5 rings (SSSR count). The van der Waals surface area contributed by atoms with Crippen LogP contribution in [0.3, 0.4) is 0 Å². The van der Waals surface area contributed by atoms with Crippen LogP contribution < -0.4 is 14.8 Å². The predicted octanol–water partition coefficient (Wildman–Crippen LogP) is 3.77. The first-order chi connectivity index (χ1) is 14.3. The quantitative estimate of drug-likeness (QED) is 0.649. The molecular weight excluding hydrogens is 400 g/mol. The molecule has 156 valence electrons. The monoisotopic (exact) mass is 424 g/mol. The molecule has 6 nitrogen and oxygen atoms in total. The lowest BCUT2D eigenvalue weighted by Gasteiger charge is -2.27. The van der Waals surface area contributed by atoms with Gasteiger partial charge in [-0.2, -0.15) is 0 Å². The van der Waals surface area contributed by atoms with Crippen molar-refractivity contribution in [2.45, 2.75) is 38.4 Å². The van der Waals surface area contributed by atoms with Crippen molar-refractivity contribution in [2.24, 2.45) is 0 Å². The van der Waals surface area contributed by atoms with Crippen molar-refractivity contribution in [1.29, 1.82) is 0 Å². The molecule has 1 fully saturated rings. The van der Waals surface area contributed by atoms with Crippen molar-refractivity contribution in [3.63, 3.8) is 0 Å². The maximum absolute atomic E-state index is 6.01. The maximum atomic E-state index is 6.01. The van der Waals surface area contributed by atoms with Crippen LogP contribution in [0, 0.1) is 0 Å². The number of rotatable bonds is 6. The molecule has 0 spiro atoms. The zero-order valence-corrected chi connectivity index (χ0v) is 17.5. The molecule has 3 aromatic heterocycles. The van der Waals surface area contributed by atoms with Crippen molar-refractivity contribution >= 4 is 12.4 Å². The van der Waals surface area contributed by atoms with Crippen LogP contribution in [0.4, 0.5) is 0 Å². The first-order valence-electron chi connectivity index (χ1n) is 10.2. The summed E-state index contributed by atoms with van der Waals surface area (Å²) in [6.07, 6.45) is 10.1. The van der Waals surface area contributed by atoms with E-state index in [0.717, 1.165) is 54.2 Å². The molecule has 30 heavy (non-hydrogen) atoms. The van der Waals surface area contributed by atoms with E-state index in [0.29, 0.717) is 12.5 Å². The first kappa shape index (κ1) is 20.6. The van der Waals surface area contributed by atoms with Gasteiger partial charge in [-0.1, -0.05) is 6.07 Å².